The number of ether oxygens (including phenoxy) is 1. The highest BCUT2D eigenvalue weighted by Gasteiger charge is 2.28. The largest absolute Gasteiger partial charge is 0.465 e. The number of nitrogens with zero attached hydrogens (tertiary/aromatic N) is 2. The van der Waals surface area contributed by atoms with Gasteiger partial charge in [-0.25, -0.2) is 9.78 Å². The van der Waals surface area contributed by atoms with E-state index in [0.29, 0.717) is 4.88 Å². The number of carbonyl (C=O) groups excluding carboxylic acids is 1. The minimum atomic E-state index is -0.434. The molecule has 0 spiro atoms. The van der Waals surface area contributed by atoms with Gasteiger partial charge in [0.1, 0.15) is 5.01 Å². The van der Waals surface area contributed by atoms with E-state index in [1.165, 1.54) is 24.0 Å². The fraction of sp³-hybridized carbons (Fsp3) is 0.357. The fourth-order valence-electron chi connectivity index (χ4n) is 2.53. The Labute approximate surface area is 125 Å². The standard InChI is InChI=1S/C14H13ClN2O2S/c1-19-14(18)11-12(15)17-13(20-11)9-6-2-4-8-5-3-7-16-10(8)9/h3,5,7,9H,2,4,6H2,1H3. The second-order valence-corrected chi connectivity index (χ2v) is 6.04. The van der Waals surface area contributed by atoms with Crippen molar-refractivity contribution in [1.29, 1.82) is 0 Å². The van der Waals surface area contributed by atoms with Crippen LogP contribution in [0.25, 0.3) is 0 Å². The SMILES string of the molecule is COC(=O)c1sc(C2CCCc3cccnc32)nc1Cl. The molecule has 1 aliphatic rings. The van der Waals surface area contributed by atoms with E-state index >= 15 is 0 Å². The van der Waals surface area contributed by atoms with E-state index in [0.717, 1.165) is 30.0 Å². The summed E-state index contributed by atoms with van der Waals surface area (Å²) in [7, 11) is 1.34. The van der Waals surface area contributed by atoms with Crippen LogP contribution in [-0.2, 0) is 11.2 Å². The number of esters is 1. The highest BCUT2D eigenvalue weighted by Crippen LogP contribution is 2.39. The van der Waals surface area contributed by atoms with Crippen LogP contribution in [0.1, 0.15) is 44.7 Å². The van der Waals surface area contributed by atoms with Crippen molar-refractivity contribution in [2.24, 2.45) is 0 Å². The first kappa shape index (κ1) is 13.5. The summed E-state index contributed by atoms with van der Waals surface area (Å²) in [5.41, 5.74) is 2.32. The van der Waals surface area contributed by atoms with Crippen molar-refractivity contribution < 1.29 is 9.53 Å². The second-order valence-electron chi connectivity index (χ2n) is 4.66. The Morgan fingerprint density at radius 2 is 2.40 bits per heavy atom. The summed E-state index contributed by atoms with van der Waals surface area (Å²) >= 11 is 7.35. The quantitative estimate of drug-likeness (QED) is 0.797. The van der Waals surface area contributed by atoms with Crippen molar-refractivity contribution in [3.05, 3.63) is 44.6 Å². The topological polar surface area (TPSA) is 52.1 Å². The Morgan fingerprint density at radius 1 is 1.55 bits per heavy atom. The maximum absolute atomic E-state index is 11.6. The molecule has 104 valence electrons. The molecule has 0 N–H and O–H groups in total. The molecule has 4 nitrogen and oxygen atoms in total. The predicted octanol–water partition coefficient (Wildman–Crippen LogP) is 3.45. The molecule has 0 saturated heterocycles. The van der Waals surface area contributed by atoms with Gasteiger partial charge in [0, 0.05) is 6.20 Å². The molecule has 0 aliphatic heterocycles. The number of rotatable bonds is 2. The van der Waals surface area contributed by atoms with Gasteiger partial charge in [-0.3, -0.25) is 4.98 Å². The van der Waals surface area contributed by atoms with Crippen LogP contribution in [0, 0.1) is 0 Å². The molecule has 0 amide bonds. The van der Waals surface area contributed by atoms with Gasteiger partial charge in [0.15, 0.2) is 10.0 Å². The van der Waals surface area contributed by atoms with Crippen LogP contribution in [0.15, 0.2) is 18.3 Å². The molecule has 1 unspecified atom stereocenters. The smallest absolute Gasteiger partial charge is 0.351 e. The Balaban J connectivity index is 2.01. The minimum Gasteiger partial charge on any atom is -0.465 e. The lowest BCUT2D eigenvalue weighted by Crippen LogP contribution is -2.12. The fourth-order valence-corrected chi connectivity index (χ4v) is 3.88. The average Bonchev–Trinajstić information content (AvgIpc) is 2.87. The van der Waals surface area contributed by atoms with E-state index in [-0.39, 0.29) is 11.1 Å². The summed E-state index contributed by atoms with van der Waals surface area (Å²) in [5.74, 6) is -0.309. The molecular weight excluding hydrogens is 296 g/mol. The van der Waals surface area contributed by atoms with Crippen molar-refractivity contribution >= 4 is 28.9 Å². The Hall–Kier alpha value is -1.46. The predicted molar refractivity (Wildman–Crippen MR) is 77.5 cm³/mol. The third kappa shape index (κ3) is 2.31. The molecule has 3 rings (SSSR count). The number of thiazole rings is 1. The van der Waals surface area contributed by atoms with E-state index in [1.54, 1.807) is 6.20 Å². The highest BCUT2D eigenvalue weighted by molar-refractivity contribution is 7.14. The summed E-state index contributed by atoms with van der Waals surface area (Å²) in [4.78, 5) is 20.8. The second kappa shape index (κ2) is 5.50. The zero-order valence-corrected chi connectivity index (χ0v) is 12.5. The molecule has 1 aliphatic carbocycles. The van der Waals surface area contributed by atoms with Crippen molar-refractivity contribution in [3.8, 4) is 0 Å². The van der Waals surface area contributed by atoms with E-state index in [9.17, 15) is 4.79 Å². The normalized spacial score (nSPS) is 17.6. The van der Waals surface area contributed by atoms with Crippen LogP contribution in [0.2, 0.25) is 5.15 Å². The summed E-state index contributed by atoms with van der Waals surface area (Å²) < 4.78 is 4.72. The monoisotopic (exact) mass is 308 g/mol. The van der Waals surface area contributed by atoms with Crippen LogP contribution in [0.3, 0.4) is 0 Å². The Kier molecular flexibility index (Phi) is 3.72. The summed E-state index contributed by atoms with van der Waals surface area (Å²) in [5, 5.41) is 1.06. The molecule has 2 aromatic heterocycles. The number of pyridine rings is 1. The molecule has 6 heteroatoms. The molecule has 0 aromatic carbocycles. The Bertz CT molecular complexity index is 656. The molecule has 20 heavy (non-hydrogen) atoms. The maximum Gasteiger partial charge on any atom is 0.351 e. The van der Waals surface area contributed by atoms with Crippen molar-refractivity contribution in [2.75, 3.05) is 7.11 Å². The molecular formula is C14H13ClN2O2S. The van der Waals surface area contributed by atoms with E-state index < -0.39 is 5.97 Å². The number of fused-ring (bicyclic) bond motifs is 1. The molecule has 1 atom stereocenters. The van der Waals surface area contributed by atoms with Crippen molar-refractivity contribution in [2.45, 2.75) is 25.2 Å². The van der Waals surface area contributed by atoms with E-state index in [2.05, 4.69) is 16.0 Å². The highest BCUT2D eigenvalue weighted by atomic mass is 35.5. The number of halogens is 1. The van der Waals surface area contributed by atoms with E-state index in [1.807, 2.05) is 6.07 Å². The lowest BCUT2D eigenvalue weighted by Gasteiger charge is -2.22. The summed E-state index contributed by atoms with van der Waals surface area (Å²) in [6, 6.07) is 4.06. The number of aromatic nitrogens is 2. The first-order valence-electron chi connectivity index (χ1n) is 6.39. The van der Waals surface area contributed by atoms with Crippen molar-refractivity contribution in [1.82, 2.24) is 9.97 Å². The molecule has 0 fully saturated rings. The number of hydrogen-bond acceptors (Lipinski definition) is 5. The third-order valence-electron chi connectivity index (χ3n) is 3.47. The van der Waals surface area contributed by atoms with Gasteiger partial charge < -0.3 is 4.74 Å². The van der Waals surface area contributed by atoms with Crippen LogP contribution < -0.4 is 0 Å². The Morgan fingerprint density at radius 3 is 3.20 bits per heavy atom. The van der Waals surface area contributed by atoms with Gasteiger partial charge in [-0.1, -0.05) is 17.7 Å². The molecule has 2 heterocycles. The lowest BCUT2D eigenvalue weighted by molar-refractivity contribution is 0.0606. The van der Waals surface area contributed by atoms with Gasteiger partial charge in [0.05, 0.1) is 18.7 Å². The zero-order chi connectivity index (χ0) is 14.1. The van der Waals surface area contributed by atoms with Crippen LogP contribution in [0.4, 0.5) is 0 Å². The summed E-state index contributed by atoms with van der Waals surface area (Å²) in [6.45, 7) is 0. The van der Waals surface area contributed by atoms with Gasteiger partial charge in [-0.15, -0.1) is 11.3 Å². The lowest BCUT2D eigenvalue weighted by atomic mass is 9.87. The van der Waals surface area contributed by atoms with Gasteiger partial charge in [0.25, 0.3) is 0 Å². The first-order valence-corrected chi connectivity index (χ1v) is 7.58. The van der Waals surface area contributed by atoms with E-state index in [4.69, 9.17) is 16.3 Å². The first-order chi connectivity index (χ1) is 9.70. The van der Waals surface area contributed by atoms with Gasteiger partial charge in [0.2, 0.25) is 0 Å². The molecule has 0 radical (unpaired) electrons. The molecule has 0 saturated carbocycles. The van der Waals surface area contributed by atoms with Crippen LogP contribution >= 0.6 is 22.9 Å². The summed E-state index contributed by atoms with van der Waals surface area (Å²) in [6.07, 6.45) is 4.92. The number of methoxy groups -OCH3 is 1. The number of carbonyl (C=O) groups is 1. The minimum absolute atomic E-state index is 0.126. The van der Waals surface area contributed by atoms with Crippen molar-refractivity contribution in [3.63, 3.8) is 0 Å². The van der Waals surface area contributed by atoms with Crippen LogP contribution in [0.5, 0.6) is 0 Å². The van der Waals surface area contributed by atoms with Gasteiger partial charge in [-0.2, -0.15) is 0 Å². The maximum atomic E-state index is 11.6. The zero-order valence-electron chi connectivity index (χ0n) is 10.9. The average molecular weight is 309 g/mol. The van der Waals surface area contributed by atoms with Gasteiger partial charge in [-0.05, 0) is 30.9 Å². The molecule has 0 bridgehead atoms. The third-order valence-corrected chi connectivity index (χ3v) is 5.00. The van der Waals surface area contributed by atoms with Crippen LogP contribution in [-0.4, -0.2) is 23.0 Å². The molecule has 2 aromatic rings. The van der Waals surface area contributed by atoms with Gasteiger partial charge >= 0.3 is 5.97 Å². The number of aryl methyl sites for hydroxylation is 1. The number of hydrogen-bond donors (Lipinski definition) is 0.